The van der Waals surface area contributed by atoms with Gasteiger partial charge >= 0.3 is 0 Å². The second kappa shape index (κ2) is 5.07. The van der Waals surface area contributed by atoms with E-state index >= 15 is 0 Å². The van der Waals surface area contributed by atoms with E-state index in [2.05, 4.69) is 20.8 Å². The standard InChI is InChI=1S/C10H16N4O2/c1-7-13-9(14-16-7)4-5-11-10(15)6-12-8-2-3-8/h8,12H,2-6H2,1H3,(H,11,15). The molecule has 0 unspecified atom stereocenters. The summed E-state index contributed by atoms with van der Waals surface area (Å²) >= 11 is 0. The number of nitrogens with one attached hydrogen (secondary N) is 2. The molecule has 1 aliphatic carbocycles. The van der Waals surface area contributed by atoms with Gasteiger partial charge in [0, 0.05) is 25.9 Å². The van der Waals surface area contributed by atoms with Gasteiger partial charge in [0.05, 0.1) is 6.54 Å². The second-order valence-corrected chi connectivity index (χ2v) is 3.98. The predicted molar refractivity (Wildman–Crippen MR) is 56.8 cm³/mol. The molecule has 0 atom stereocenters. The molecule has 0 spiro atoms. The minimum absolute atomic E-state index is 0.0205. The molecule has 1 aromatic rings. The molecule has 1 saturated carbocycles. The monoisotopic (exact) mass is 224 g/mol. The van der Waals surface area contributed by atoms with Crippen molar-refractivity contribution in [2.75, 3.05) is 13.1 Å². The highest BCUT2D eigenvalue weighted by Gasteiger charge is 2.20. The number of amides is 1. The van der Waals surface area contributed by atoms with Crippen LogP contribution in [0.4, 0.5) is 0 Å². The van der Waals surface area contributed by atoms with E-state index in [1.165, 1.54) is 12.8 Å². The van der Waals surface area contributed by atoms with Crippen molar-refractivity contribution in [3.05, 3.63) is 11.7 Å². The van der Waals surface area contributed by atoms with Gasteiger partial charge in [0.25, 0.3) is 0 Å². The number of nitrogens with zero attached hydrogens (tertiary/aromatic N) is 2. The van der Waals surface area contributed by atoms with Gasteiger partial charge in [-0.05, 0) is 12.8 Å². The van der Waals surface area contributed by atoms with Gasteiger partial charge in [-0.15, -0.1) is 0 Å². The number of rotatable bonds is 6. The summed E-state index contributed by atoms with van der Waals surface area (Å²) in [5, 5.41) is 9.69. The molecule has 2 rings (SSSR count). The highest BCUT2D eigenvalue weighted by atomic mass is 16.5. The van der Waals surface area contributed by atoms with Gasteiger partial charge < -0.3 is 15.2 Å². The zero-order valence-corrected chi connectivity index (χ0v) is 9.32. The maximum Gasteiger partial charge on any atom is 0.233 e. The molecule has 88 valence electrons. The average molecular weight is 224 g/mol. The van der Waals surface area contributed by atoms with Crippen LogP contribution in [0.15, 0.2) is 4.52 Å². The van der Waals surface area contributed by atoms with Gasteiger partial charge in [-0.3, -0.25) is 4.79 Å². The zero-order chi connectivity index (χ0) is 11.4. The lowest BCUT2D eigenvalue weighted by Gasteiger charge is -2.03. The van der Waals surface area contributed by atoms with Crippen LogP contribution in [0.1, 0.15) is 24.6 Å². The van der Waals surface area contributed by atoms with Crippen LogP contribution in [-0.2, 0) is 11.2 Å². The molecule has 1 heterocycles. The molecular weight excluding hydrogens is 208 g/mol. The molecule has 16 heavy (non-hydrogen) atoms. The summed E-state index contributed by atoms with van der Waals surface area (Å²) in [7, 11) is 0. The van der Waals surface area contributed by atoms with Crippen LogP contribution in [0.25, 0.3) is 0 Å². The maximum atomic E-state index is 11.3. The van der Waals surface area contributed by atoms with Gasteiger partial charge in [0.15, 0.2) is 5.82 Å². The zero-order valence-electron chi connectivity index (χ0n) is 9.32. The first-order valence-corrected chi connectivity index (χ1v) is 5.53. The molecule has 0 saturated heterocycles. The van der Waals surface area contributed by atoms with E-state index in [-0.39, 0.29) is 5.91 Å². The van der Waals surface area contributed by atoms with E-state index in [4.69, 9.17) is 4.52 Å². The number of hydrogen-bond acceptors (Lipinski definition) is 5. The Hall–Kier alpha value is -1.43. The number of hydrogen-bond donors (Lipinski definition) is 2. The van der Waals surface area contributed by atoms with Crippen LogP contribution in [-0.4, -0.2) is 35.2 Å². The fourth-order valence-electron chi connectivity index (χ4n) is 1.34. The Balaban J connectivity index is 1.57. The summed E-state index contributed by atoms with van der Waals surface area (Å²) in [5.41, 5.74) is 0. The van der Waals surface area contributed by atoms with Crippen LogP contribution < -0.4 is 10.6 Å². The first-order valence-electron chi connectivity index (χ1n) is 5.53. The Bertz CT molecular complexity index is 359. The molecule has 0 radical (unpaired) electrons. The van der Waals surface area contributed by atoms with Crippen LogP contribution in [0.3, 0.4) is 0 Å². The first-order chi connectivity index (χ1) is 7.74. The average Bonchev–Trinajstić information content (AvgIpc) is 2.99. The van der Waals surface area contributed by atoms with Crippen molar-refractivity contribution in [3.8, 4) is 0 Å². The molecule has 6 heteroatoms. The molecule has 0 aliphatic heterocycles. The Morgan fingerprint density at radius 1 is 1.56 bits per heavy atom. The number of aryl methyl sites for hydroxylation is 1. The maximum absolute atomic E-state index is 11.3. The number of carbonyl (C=O) groups excluding carboxylic acids is 1. The topological polar surface area (TPSA) is 80.0 Å². The molecule has 1 fully saturated rings. The normalized spacial score (nSPS) is 15.1. The van der Waals surface area contributed by atoms with E-state index < -0.39 is 0 Å². The molecule has 1 aromatic heterocycles. The van der Waals surface area contributed by atoms with Crippen molar-refractivity contribution in [1.29, 1.82) is 0 Å². The van der Waals surface area contributed by atoms with Crippen molar-refractivity contribution < 1.29 is 9.32 Å². The third-order valence-electron chi connectivity index (χ3n) is 2.37. The molecule has 2 N–H and O–H groups in total. The van der Waals surface area contributed by atoms with E-state index in [1.807, 2.05) is 0 Å². The van der Waals surface area contributed by atoms with Crippen molar-refractivity contribution in [2.45, 2.75) is 32.2 Å². The lowest BCUT2D eigenvalue weighted by molar-refractivity contribution is -0.120. The summed E-state index contributed by atoms with van der Waals surface area (Å²) < 4.78 is 4.82. The van der Waals surface area contributed by atoms with Crippen molar-refractivity contribution in [2.24, 2.45) is 0 Å². The first kappa shape index (κ1) is 11.1. The smallest absolute Gasteiger partial charge is 0.233 e. The van der Waals surface area contributed by atoms with Gasteiger partial charge in [-0.1, -0.05) is 5.16 Å². The van der Waals surface area contributed by atoms with Crippen LogP contribution in [0.2, 0.25) is 0 Å². The van der Waals surface area contributed by atoms with E-state index in [0.29, 0.717) is 37.3 Å². The van der Waals surface area contributed by atoms with E-state index in [0.717, 1.165) is 0 Å². The van der Waals surface area contributed by atoms with Gasteiger partial charge in [0.2, 0.25) is 11.8 Å². The largest absolute Gasteiger partial charge is 0.355 e. The minimum Gasteiger partial charge on any atom is -0.355 e. The molecule has 0 bridgehead atoms. The van der Waals surface area contributed by atoms with Gasteiger partial charge in [-0.2, -0.15) is 4.98 Å². The Morgan fingerprint density at radius 2 is 2.38 bits per heavy atom. The van der Waals surface area contributed by atoms with E-state index in [9.17, 15) is 4.79 Å². The van der Waals surface area contributed by atoms with Crippen LogP contribution in [0, 0.1) is 6.92 Å². The van der Waals surface area contributed by atoms with Crippen LogP contribution >= 0.6 is 0 Å². The van der Waals surface area contributed by atoms with Crippen LogP contribution in [0.5, 0.6) is 0 Å². The number of aromatic nitrogens is 2. The molecule has 1 aliphatic rings. The van der Waals surface area contributed by atoms with Crippen molar-refractivity contribution in [1.82, 2.24) is 20.8 Å². The summed E-state index contributed by atoms with van der Waals surface area (Å²) in [6.07, 6.45) is 2.98. The Morgan fingerprint density at radius 3 is 3.00 bits per heavy atom. The summed E-state index contributed by atoms with van der Waals surface area (Å²) in [4.78, 5) is 15.4. The highest BCUT2D eigenvalue weighted by Crippen LogP contribution is 2.17. The fourth-order valence-corrected chi connectivity index (χ4v) is 1.34. The summed E-state index contributed by atoms with van der Waals surface area (Å²) in [5.74, 6) is 1.21. The Labute approximate surface area is 93.8 Å². The lowest BCUT2D eigenvalue weighted by Crippen LogP contribution is -2.35. The third-order valence-corrected chi connectivity index (χ3v) is 2.37. The predicted octanol–water partition coefficient (Wildman–Crippen LogP) is -0.211. The van der Waals surface area contributed by atoms with Crippen molar-refractivity contribution in [3.63, 3.8) is 0 Å². The number of carbonyl (C=O) groups is 1. The van der Waals surface area contributed by atoms with E-state index in [1.54, 1.807) is 6.92 Å². The summed E-state index contributed by atoms with van der Waals surface area (Å²) in [6, 6.07) is 0.561. The van der Waals surface area contributed by atoms with Gasteiger partial charge in [0.1, 0.15) is 0 Å². The minimum atomic E-state index is 0.0205. The highest BCUT2D eigenvalue weighted by molar-refractivity contribution is 5.78. The summed E-state index contributed by atoms with van der Waals surface area (Å²) in [6.45, 7) is 2.69. The Kier molecular flexibility index (Phi) is 3.51. The quantitative estimate of drug-likeness (QED) is 0.699. The second-order valence-electron chi connectivity index (χ2n) is 3.98. The molecule has 1 amide bonds. The lowest BCUT2D eigenvalue weighted by atomic mass is 10.4. The van der Waals surface area contributed by atoms with Gasteiger partial charge in [-0.25, -0.2) is 0 Å². The molecular formula is C10H16N4O2. The third kappa shape index (κ3) is 3.62. The molecule has 0 aromatic carbocycles. The molecule has 6 nitrogen and oxygen atoms in total. The van der Waals surface area contributed by atoms with Crippen molar-refractivity contribution >= 4 is 5.91 Å². The SMILES string of the molecule is Cc1nc(CCNC(=O)CNC2CC2)no1. The fraction of sp³-hybridized carbons (Fsp3) is 0.700.